The standard InChI is InChI=1S/C19H25NO/c1-13-5-4-6-19(13)20-14(2)15-7-8-17-12-18(21-3)10-9-16(17)11-15/h7-14,19-20H,4-6H2,1-3H3. The molecule has 0 spiro atoms. The van der Waals surface area contributed by atoms with Crippen molar-refractivity contribution in [3.63, 3.8) is 0 Å². The largest absolute Gasteiger partial charge is 0.497 e. The normalized spacial score (nSPS) is 23.4. The fourth-order valence-electron chi connectivity index (χ4n) is 3.45. The molecule has 1 saturated carbocycles. The minimum atomic E-state index is 0.405. The van der Waals surface area contributed by atoms with Crippen molar-refractivity contribution in [1.82, 2.24) is 5.32 Å². The topological polar surface area (TPSA) is 21.3 Å². The molecule has 0 bridgehead atoms. The molecule has 2 nitrogen and oxygen atoms in total. The SMILES string of the molecule is COc1ccc2cc(C(C)NC3CCCC3C)ccc2c1. The van der Waals surface area contributed by atoms with Crippen LogP contribution < -0.4 is 10.1 Å². The Kier molecular flexibility index (Phi) is 4.16. The first kappa shape index (κ1) is 14.4. The smallest absolute Gasteiger partial charge is 0.119 e. The number of methoxy groups -OCH3 is 1. The van der Waals surface area contributed by atoms with Crippen LogP contribution >= 0.6 is 0 Å². The Morgan fingerprint density at radius 2 is 1.86 bits per heavy atom. The Bertz CT molecular complexity index is 622. The first-order valence-electron chi connectivity index (χ1n) is 8.01. The Morgan fingerprint density at radius 3 is 2.57 bits per heavy atom. The zero-order valence-electron chi connectivity index (χ0n) is 13.2. The van der Waals surface area contributed by atoms with E-state index in [2.05, 4.69) is 49.5 Å². The molecule has 1 fully saturated rings. The average Bonchev–Trinajstić information content (AvgIpc) is 2.91. The molecule has 0 amide bonds. The Morgan fingerprint density at radius 1 is 1.10 bits per heavy atom. The van der Waals surface area contributed by atoms with Gasteiger partial charge in [-0.1, -0.05) is 31.5 Å². The highest BCUT2D eigenvalue weighted by Crippen LogP contribution is 2.29. The summed E-state index contributed by atoms with van der Waals surface area (Å²) < 4.78 is 5.29. The van der Waals surface area contributed by atoms with Crippen molar-refractivity contribution < 1.29 is 4.74 Å². The number of nitrogens with one attached hydrogen (secondary N) is 1. The van der Waals surface area contributed by atoms with Crippen molar-refractivity contribution in [2.24, 2.45) is 5.92 Å². The number of hydrogen-bond donors (Lipinski definition) is 1. The monoisotopic (exact) mass is 283 g/mol. The molecule has 0 aromatic heterocycles. The fraction of sp³-hybridized carbons (Fsp3) is 0.474. The van der Waals surface area contributed by atoms with Gasteiger partial charge in [0.05, 0.1) is 7.11 Å². The minimum Gasteiger partial charge on any atom is -0.497 e. The molecule has 0 saturated heterocycles. The third kappa shape index (κ3) is 3.06. The van der Waals surface area contributed by atoms with Crippen LogP contribution in [0.2, 0.25) is 0 Å². The highest BCUT2D eigenvalue weighted by molar-refractivity contribution is 5.84. The van der Waals surface area contributed by atoms with E-state index in [-0.39, 0.29) is 0 Å². The van der Waals surface area contributed by atoms with E-state index >= 15 is 0 Å². The molecule has 3 unspecified atom stereocenters. The summed E-state index contributed by atoms with van der Waals surface area (Å²) >= 11 is 0. The molecule has 0 radical (unpaired) electrons. The minimum absolute atomic E-state index is 0.405. The maximum atomic E-state index is 5.29. The summed E-state index contributed by atoms with van der Waals surface area (Å²) in [5.74, 6) is 1.72. The summed E-state index contributed by atoms with van der Waals surface area (Å²) in [4.78, 5) is 0. The predicted molar refractivity (Wildman–Crippen MR) is 88.9 cm³/mol. The molecule has 0 heterocycles. The van der Waals surface area contributed by atoms with E-state index in [1.54, 1.807) is 7.11 Å². The van der Waals surface area contributed by atoms with Gasteiger partial charge in [-0.05, 0) is 60.2 Å². The van der Waals surface area contributed by atoms with Gasteiger partial charge in [0, 0.05) is 12.1 Å². The van der Waals surface area contributed by atoms with Crippen LogP contribution in [-0.2, 0) is 0 Å². The third-order valence-electron chi connectivity index (χ3n) is 4.90. The zero-order valence-corrected chi connectivity index (χ0v) is 13.2. The summed E-state index contributed by atoms with van der Waals surface area (Å²) in [7, 11) is 1.71. The van der Waals surface area contributed by atoms with Gasteiger partial charge in [-0.3, -0.25) is 0 Å². The molecule has 3 rings (SSSR count). The van der Waals surface area contributed by atoms with Crippen molar-refractivity contribution in [1.29, 1.82) is 0 Å². The number of rotatable bonds is 4. The quantitative estimate of drug-likeness (QED) is 0.879. The average molecular weight is 283 g/mol. The molecule has 1 aliphatic carbocycles. The Labute approximate surface area is 127 Å². The van der Waals surface area contributed by atoms with Crippen LogP contribution in [0, 0.1) is 5.92 Å². The maximum Gasteiger partial charge on any atom is 0.119 e. The molecule has 2 aromatic carbocycles. The molecule has 112 valence electrons. The molecular formula is C19H25NO. The molecule has 1 aliphatic rings. The van der Waals surface area contributed by atoms with Gasteiger partial charge in [0.2, 0.25) is 0 Å². The molecule has 0 aliphatic heterocycles. The highest BCUT2D eigenvalue weighted by Gasteiger charge is 2.24. The van der Waals surface area contributed by atoms with E-state index in [1.165, 1.54) is 35.6 Å². The zero-order chi connectivity index (χ0) is 14.8. The molecular weight excluding hydrogens is 258 g/mol. The van der Waals surface area contributed by atoms with E-state index in [0.717, 1.165) is 11.7 Å². The summed E-state index contributed by atoms with van der Waals surface area (Å²) in [5, 5.41) is 6.32. The second-order valence-corrected chi connectivity index (χ2v) is 6.38. The third-order valence-corrected chi connectivity index (χ3v) is 4.90. The van der Waals surface area contributed by atoms with E-state index in [1.807, 2.05) is 6.07 Å². The maximum absolute atomic E-state index is 5.29. The number of benzene rings is 2. The summed E-state index contributed by atoms with van der Waals surface area (Å²) in [6, 6.07) is 14.1. The van der Waals surface area contributed by atoms with Gasteiger partial charge in [-0.15, -0.1) is 0 Å². The van der Waals surface area contributed by atoms with Gasteiger partial charge in [-0.25, -0.2) is 0 Å². The highest BCUT2D eigenvalue weighted by atomic mass is 16.5. The molecule has 3 atom stereocenters. The van der Waals surface area contributed by atoms with Crippen molar-refractivity contribution in [3.8, 4) is 5.75 Å². The first-order valence-corrected chi connectivity index (χ1v) is 8.01. The molecule has 1 N–H and O–H groups in total. The number of fused-ring (bicyclic) bond motifs is 1. The Balaban J connectivity index is 1.80. The second kappa shape index (κ2) is 6.07. The van der Waals surface area contributed by atoms with Gasteiger partial charge in [0.1, 0.15) is 5.75 Å². The van der Waals surface area contributed by atoms with Crippen LogP contribution in [0.5, 0.6) is 5.75 Å². The lowest BCUT2D eigenvalue weighted by Gasteiger charge is -2.23. The molecule has 21 heavy (non-hydrogen) atoms. The first-order chi connectivity index (χ1) is 10.2. The van der Waals surface area contributed by atoms with Crippen LogP contribution in [0.3, 0.4) is 0 Å². The molecule has 2 heteroatoms. The fourth-order valence-corrected chi connectivity index (χ4v) is 3.45. The van der Waals surface area contributed by atoms with E-state index in [4.69, 9.17) is 4.74 Å². The van der Waals surface area contributed by atoms with Crippen LogP contribution in [-0.4, -0.2) is 13.2 Å². The van der Waals surface area contributed by atoms with Crippen LogP contribution in [0.15, 0.2) is 36.4 Å². The lowest BCUT2D eigenvalue weighted by molar-refractivity contribution is 0.388. The van der Waals surface area contributed by atoms with Gasteiger partial charge < -0.3 is 10.1 Å². The summed E-state index contributed by atoms with van der Waals surface area (Å²) in [5.41, 5.74) is 1.37. The van der Waals surface area contributed by atoms with Crippen molar-refractivity contribution >= 4 is 10.8 Å². The van der Waals surface area contributed by atoms with E-state index in [9.17, 15) is 0 Å². The van der Waals surface area contributed by atoms with E-state index in [0.29, 0.717) is 12.1 Å². The van der Waals surface area contributed by atoms with Gasteiger partial charge in [-0.2, -0.15) is 0 Å². The van der Waals surface area contributed by atoms with Gasteiger partial charge >= 0.3 is 0 Å². The summed E-state index contributed by atoms with van der Waals surface area (Å²) in [6.45, 7) is 4.64. The number of ether oxygens (including phenoxy) is 1. The van der Waals surface area contributed by atoms with Crippen LogP contribution in [0.1, 0.15) is 44.7 Å². The lowest BCUT2D eigenvalue weighted by atomic mass is 10.00. The van der Waals surface area contributed by atoms with Gasteiger partial charge in [0.15, 0.2) is 0 Å². The van der Waals surface area contributed by atoms with Crippen molar-refractivity contribution in [2.45, 2.75) is 45.2 Å². The number of hydrogen-bond acceptors (Lipinski definition) is 2. The Hall–Kier alpha value is -1.54. The van der Waals surface area contributed by atoms with Crippen molar-refractivity contribution in [2.75, 3.05) is 7.11 Å². The van der Waals surface area contributed by atoms with E-state index < -0.39 is 0 Å². The lowest BCUT2D eigenvalue weighted by Crippen LogP contribution is -2.33. The van der Waals surface area contributed by atoms with Gasteiger partial charge in [0.25, 0.3) is 0 Å². The predicted octanol–water partition coefficient (Wildman–Crippen LogP) is 4.69. The van der Waals surface area contributed by atoms with Crippen molar-refractivity contribution in [3.05, 3.63) is 42.0 Å². The van der Waals surface area contributed by atoms with Crippen LogP contribution in [0.4, 0.5) is 0 Å². The second-order valence-electron chi connectivity index (χ2n) is 6.38. The summed E-state index contributed by atoms with van der Waals surface area (Å²) in [6.07, 6.45) is 4.04. The van der Waals surface area contributed by atoms with Crippen LogP contribution in [0.25, 0.3) is 10.8 Å². The molecule has 2 aromatic rings.